The minimum atomic E-state index is -1.81. The van der Waals surface area contributed by atoms with Crippen molar-refractivity contribution < 1.29 is 9.22 Å². The fraction of sp³-hybridized carbons (Fsp3) is 0.857. The third-order valence-corrected chi connectivity index (χ3v) is 13.2. The van der Waals surface area contributed by atoms with Gasteiger partial charge in [0.15, 0.2) is 0 Å². The predicted octanol–water partition coefficient (Wildman–Crippen LogP) is 6.27. The van der Waals surface area contributed by atoms with Gasteiger partial charge in [-0.15, -0.1) is 0 Å². The van der Waals surface area contributed by atoms with E-state index in [4.69, 9.17) is 4.43 Å². The second-order valence-electron chi connectivity index (χ2n) is 9.52. The zero-order chi connectivity index (χ0) is 18.3. The molecule has 0 aliphatic heterocycles. The van der Waals surface area contributed by atoms with E-state index < -0.39 is 8.32 Å². The summed E-state index contributed by atoms with van der Waals surface area (Å²) in [5.41, 5.74) is 5.13. The molecule has 0 bridgehead atoms. The van der Waals surface area contributed by atoms with Gasteiger partial charge in [0.1, 0.15) is 5.78 Å². The molecule has 0 aromatic carbocycles. The molecule has 2 aliphatic rings. The zero-order valence-electron chi connectivity index (χ0n) is 17.2. The summed E-state index contributed by atoms with van der Waals surface area (Å²) in [4.78, 5) is 11.9. The SMILES string of the molecule is CC1=C(CO[Si](C(C)C)(C(C)C)C(C)C)C[C@@]2(C)CCC(=O)C[C@H]12. The van der Waals surface area contributed by atoms with Crippen molar-refractivity contribution in [3.63, 3.8) is 0 Å². The summed E-state index contributed by atoms with van der Waals surface area (Å²) in [7, 11) is -1.81. The Kier molecular flexibility index (Phi) is 5.86. The summed E-state index contributed by atoms with van der Waals surface area (Å²) in [5, 5.41) is 0. The molecule has 0 saturated heterocycles. The van der Waals surface area contributed by atoms with E-state index in [1.54, 1.807) is 0 Å². The topological polar surface area (TPSA) is 26.3 Å². The number of carbonyl (C=O) groups is 1. The summed E-state index contributed by atoms with van der Waals surface area (Å²) in [6.45, 7) is 19.5. The summed E-state index contributed by atoms with van der Waals surface area (Å²) >= 11 is 0. The van der Waals surface area contributed by atoms with Crippen molar-refractivity contribution in [2.24, 2.45) is 11.3 Å². The Morgan fingerprint density at radius 3 is 2.17 bits per heavy atom. The van der Waals surface area contributed by atoms with Crippen LogP contribution in [0, 0.1) is 11.3 Å². The van der Waals surface area contributed by atoms with Crippen molar-refractivity contribution in [2.75, 3.05) is 6.61 Å². The molecule has 2 atom stereocenters. The van der Waals surface area contributed by atoms with Crippen molar-refractivity contribution in [1.82, 2.24) is 0 Å². The van der Waals surface area contributed by atoms with Gasteiger partial charge in [-0.1, -0.05) is 54.0 Å². The molecule has 0 amide bonds. The summed E-state index contributed by atoms with van der Waals surface area (Å²) < 4.78 is 6.84. The highest BCUT2D eigenvalue weighted by Gasteiger charge is 2.48. The van der Waals surface area contributed by atoms with E-state index in [0.717, 1.165) is 32.3 Å². The highest BCUT2D eigenvalue weighted by atomic mass is 28.4. The third kappa shape index (κ3) is 3.31. The molecular weight excluding hydrogens is 312 g/mol. The van der Waals surface area contributed by atoms with Crippen LogP contribution in [0.4, 0.5) is 0 Å². The summed E-state index contributed by atoms with van der Waals surface area (Å²) in [5.74, 6) is 0.917. The lowest BCUT2D eigenvalue weighted by Gasteiger charge is -2.42. The van der Waals surface area contributed by atoms with Crippen LogP contribution in [0.25, 0.3) is 0 Å². The Morgan fingerprint density at radius 2 is 1.67 bits per heavy atom. The average molecular weight is 351 g/mol. The molecule has 2 rings (SSSR count). The van der Waals surface area contributed by atoms with Crippen molar-refractivity contribution in [3.8, 4) is 0 Å². The molecule has 3 heteroatoms. The maximum absolute atomic E-state index is 11.9. The van der Waals surface area contributed by atoms with E-state index >= 15 is 0 Å². The van der Waals surface area contributed by atoms with Gasteiger partial charge >= 0.3 is 0 Å². The fourth-order valence-corrected chi connectivity index (χ4v) is 11.2. The van der Waals surface area contributed by atoms with Gasteiger partial charge in [-0.05, 0) is 53.3 Å². The van der Waals surface area contributed by atoms with E-state index in [9.17, 15) is 4.79 Å². The van der Waals surface area contributed by atoms with Crippen LogP contribution >= 0.6 is 0 Å². The van der Waals surface area contributed by atoms with Crippen LogP contribution in [-0.2, 0) is 9.22 Å². The Balaban J connectivity index is 2.20. The van der Waals surface area contributed by atoms with Crippen LogP contribution in [-0.4, -0.2) is 20.7 Å². The van der Waals surface area contributed by atoms with Crippen LogP contribution in [0.3, 0.4) is 0 Å². The van der Waals surface area contributed by atoms with Gasteiger partial charge in [0.25, 0.3) is 0 Å². The molecule has 0 N–H and O–H groups in total. The molecule has 1 fully saturated rings. The van der Waals surface area contributed by atoms with E-state index in [0.29, 0.717) is 33.7 Å². The third-order valence-electron chi connectivity index (χ3n) is 7.15. The highest BCUT2D eigenvalue weighted by molar-refractivity contribution is 6.77. The number of allylic oxidation sites excluding steroid dienone is 1. The zero-order valence-corrected chi connectivity index (χ0v) is 18.2. The first-order valence-corrected chi connectivity index (χ1v) is 12.0. The van der Waals surface area contributed by atoms with E-state index in [2.05, 4.69) is 55.4 Å². The maximum Gasteiger partial charge on any atom is 0.200 e. The van der Waals surface area contributed by atoms with Gasteiger partial charge in [0.05, 0.1) is 6.61 Å². The Morgan fingerprint density at radius 1 is 1.12 bits per heavy atom. The summed E-state index contributed by atoms with van der Waals surface area (Å²) in [6, 6.07) is 0. The largest absolute Gasteiger partial charge is 0.412 e. The van der Waals surface area contributed by atoms with Crippen molar-refractivity contribution in [1.29, 1.82) is 0 Å². The van der Waals surface area contributed by atoms with E-state index in [1.807, 2.05) is 0 Å². The molecule has 138 valence electrons. The standard InChI is InChI=1S/C21H38O2Si/c1-14(2)24(15(3)4,16(5)6)23-13-18-12-21(8)10-9-19(22)11-20(21)17(18)7/h14-16,20H,9-13H2,1-8H3/t20-,21-/m1/s1. The van der Waals surface area contributed by atoms with Crippen LogP contribution < -0.4 is 0 Å². The number of fused-ring (bicyclic) bond motifs is 1. The van der Waals surface area contributed by atoms with Crippen molar-refractivity contribution in [2.45, 2.75) is 97.7 Å². The number of hydrogen-bond acceptors (Lipinski definition) is 2. The molecule has 0 radical (unpaired) electrons. The Bertz CT molecular complexity index is 496. The van der Waals surface area contributed by atoms with Crippen molar-refractivity contribution in [3.05, 3.63) is 11.1 Å². The number of carbonyl (C=O) groups excluding carboxylic acids is 1. The molecule has 0 spiro atoms. The molecule has 2 nitrogen and oxygen atoms in total. The molecule has 0 heterocycles. The Labute approximate surface area is 150 Å². The minimum absolute atomic E-state index is 0.300. The number of rotatable bonds is 6. The lowest BCUT2D eigenvalue weighted by atomic mass is 9.67. The normalized spacial score (nSPS) is 28.5. The molecule has 0 aromatic heterocycles. The van der Waals surface area contributed by atoms with Crippen LogP contribution in [0.1, 0.15) is 81.1 Å². The van der Waals surface area contributed by atoms with E-state index in [1.165, 1.54) is 11.1 Å². The maximum atomic E-state index is 11.9. The lowest BCUT2D eigenvalue weighted by Crippen LogP contribution is -2.48. The fourth-order valence-electron chi connectivity index (χ4n) is 5.81. The number of ketones is 1. The van der Waals surface area contributed by atoms with Crippen LogP contribution in [0.15, 0.2) is 11.1 Å². The van der Waals surface area contributed by atoms with Gasteiger partial charge in [-0.25, -0.2) is 0 Å². The second kappa shape index (κ2) is 7.07. The van der Waals surface area contributed by atoms with Gasteiger partial charge in [-0.3, -0.25) is 4.79 Å². The number of hydrogen-bond donors (Lipinski definition) is 0. The molecule has 2 aliphatic carbocycles. The molecular formula is C21H38O2Si. The first-order chi connectivity index (χ1) is 11.0. The second-order valence-corrected chi connectivity index (χ2v) is 15.0. The molecule has 0 aromatic rings. The van der Waals surface area contributed by atoms with Gasteiger partial charge in [0, 0.05) is 12.8 Å². The van der Waals surface area contributed by atoms with E-state index in [-0.39, 0.29) is 0 Å². The van der Waals surface area contributed by atoms with Gasteiger partial charge < -0.3 is 4.43 Å². The molecule has 0 unspecified atom stereocenters. The monoisotopic (exact) mass is 350 g/mol. The first kappa shape index (κ1) is 19.9. The van der Waals surface area contributed by atoms with Gasteiger partial charge in [-0.2, -0.15) is 0 Å². The first-order valence-electron chi connectivity index (χ1n) is 9.88. The Hall–Kier alpha value is -0.413. The van der Waals surface area contributed by atoms with Crippen molar-refractivity contribution >= 4 is 14.1 Å². The molecule has 1 saturated carbocycles. The van der Waals surface area contributed by atoms with Gasteiger partial charge in [0.2, 0.25) is 8.32 Å². The minimum Gasteiger partial charge on any atom is -0.412 e. The average Bonchev–Trinajstić information content (AvgIpc) is 2.71. The highest BCUT2D eigenvalue weighted by Crippen LogP contribution is 2.54. The quantitative estimate of drug-likeness (QED) is 0.416. The molecule has 24 heavy (non-hydrogen) atoms. The predicted molar refractivity (Wildman–Crippen MR) is 105 cm³/mol. The van der Waals surface area contributed by atoms with Crippen LogP contribution in [0.5, 0.6) is 0 Å². The number of Topliss-reactive ketones (excluding diaryl/α,β-unsaturated/α-hetero) is 1. The smallest absolute Gasteiger partial charge is 0.200 e. The summed E-state index contributed by atoms with van der Waals surface area (Å²) in [6.07, 6.45) is 3.72. The van der Waals surface area contributed by atoms with Crippen LogP contribution in [0.2, 0.25) is 16.6 Å². The lowest BCUT2D eigenvalue weighted by molar-refractivity contribution is -0.123.